The summed E-state index contributed by atoms with van der Waals surface area (Å²) in [5.41, 5.74) is 2.12. The highest BCUT2D eigenvalue weighted by Gasteiger charge is 2.10. The van der Waals surface area contributed by atoms with Crippen LogP contribution in [0.3, 0.4) is 0 Å². The fourth-order valence-corrected chi connectivity index (χ4v) is 3.10. The van der Waals surface area contributed by atoms with E-state index in [1.807, 2.05) is 18.4 Å². The van der Waals surface area contributed by atoms with E-state index in [0.29, 0.717) is 19.5 Å². The number of aryl methyl sites for hydroxylation is 1. The van der Waals surface area contributed by atoms with Crippen LogP contribution in [0.1, 0.15) is 16.0 Å². The van der Waals surface area contributed by atoms with Gasteiger partial charge in [0.25, 0.3) is 0 Å². The molecule has 0 spiro atoms. The number of nitrogens with zero attached hydrogens (tertiary/aromatic N) is 1. The molecule has 24 heavy (non-hydrogen) atoms. The second kappa shape index (κ2) is 8.63. The number of rotatable bonds is 7. The van der Waals surface area contributed by atoms with Crippen molar-refractivity contribution in [3.63, 3.8) is 0 Å². The van der Waals surface area contributed by atoms with E-state index < -0.39 is 6.61 Å². The molecule has 2 amide bonds. The molecule has 0 saturated heterocycles. The van der Waals surface area contributed by atoms with Gasteiger partial charge in [0.1, 0.15) is 5.75 Å². The van der Waals surface area contributed by atoms with Crippen LogP contribution in [0.2, 0.25) is 0 Å². The summed E-state index contributed by atoms with van der Waals surface area (Å²) in [6.45, 7) is 0.257. The number of hydrogen-bond donors (Lipinski definition) is 1. The lowest BCUT2D eigenvalue weighted by Crippen LogP contribution is -2.37. The molecular weight excluding hydrogens is 334 g/mol. The average Bonchev–Trinajstić information content (AvgIpc) is 2.93. The topological polar surface area (TPSA) is 41.6 Å². The molecule has 2 aromatic rings. The Morgan fingerprint density at radius 1 is 1.29 bits per heavy atom. The number of ether oxygens (including phenoxy) is 1. The van der Waals surface area contributed by atoms with Crippen LogP contribution in [0.5, 0.6) is 5.75 Å². The first-order valence-electron chi connectivity index (χ1n) is 7.51. The van der Waals surface area contributed by atoms with Crippen molar-refractivity contribution in [1.29, 1.82) is 0 Å². The monoisotopic (exact) mass is 354 g/mol. The third-order valence-electron chi connectivity index (χ3n) is 3.53. The molecule has 0 radical (unpaired) electrons. The van der Waals surface area contributed by atoms with Crippen LogP contribution >= 0.6 is 11.3 Å². The fraction of sp³-hybridized carbons (Fsp3) is 0.353. The second-order valence-electron chi connectivity index (χ2n) is 5.39. The van der Waals surface area contributed by atoms with Crippen LogP contribution in [0.25, 0.3) is 0 Å². The number of halogens is 2. The predicted molar refractivity (Wildman–Crippen MR) is 90.7 cm³/mol. The van der Waals surface area contributed by atoms with Gasteiger partial charge in [-0.25, -0.2) is 4.79 Å². The van der Waals surface area contributed by atoms with E-state index >= 15 is 0 Å². The number of hydrogen-bond acceptors (Lipinski definition) is 3. The first kappa shape index (κ1) is 18.2. The SMILES string of the molecule is Cc1ccsc1CN(C)C(=O)NCCc1ccc(OC(F)F)cc1. The summed E-state index contributed by atoms with van der Waals surface area (Å²) in [6, 6.07) is 8.31. The van der Waals surface area contributed by atoms with Crippen molar-refractivity contribution in [2.24, 2.45) is 0 Å². The maximum Gasteiger partial charge on any atom is 0.387 e. The molecule has 0 unspecified atom stereocenters. The summed E-state index contributed by atoms with van der Waals surface area (Å²) in [6.07, 6.45) is 0.618. The van der Waals surface area contributed by atoms with Crippen LogP contribution in [0.15, 0.2) is 35.7 Å². The van der Waals surface area contributed by atoms with Crippen molar-refractivity contribution >= 4 is 17.4 Å². The Hall–Kier alpha value is -2.15. The van der Waals surface area contributed by atoms with Gasteiger partial charge in [-0.1, -0.05) is 12.1 Å². The molecule has 7 heteroatoms. The van der Waals surface area contributed by atoms with Gasteiger partial charge in [-0.3, -0.25) is 0 Å². The van der Waals surface area contributed by atoms with Gasteiger partial charge in [0.05, 0.1) is 6.54 Å². The van der Waals surface area contributed by atoms with Gasteiger partial charge in [-0.05, 0) is 48.1 Å². The zero-order chi connectivity index (χ0) is 17.5. The average molecular weight is 354 g/mol. The van der Waals surface area contributed by atoms with E-state index in [1.165, 1.54) is 22.6 Å². The number of alkyl halides is 2. The van der Waals surface area contributed by atoms with Gasteiger partial charge in [-0.2, -0.15) is 8.78 Å². The molecule has 1 N–H and O–H groups in total. The summed E-state index contributed by atoms with van der Waals surface area (Å²) in [7, 11) is 1.75. The lowest BCUT2D eigenvalue weighted by molar-refractivity contribution is -0.0498. The Labute approximate surface area is 144 Å². The first-order chi connectivity index (χ1) is 11.5. The Balaban J connectivity index is 1.74. The van der Waals surface area contributed by atoms with Gasteiger partial charge >= 0.3 is 12.6 Å². The first-order valence-corrected chi connectivity index (χ1v) is 8.39. The summed E-state index contributed by atoms with van der Waals surface area (Å²) >= 11 is 1.63. The highest BCUT2D eigenvalue weighted by molar-refractivity contribution is 7.10. The van der Waals surface area contributed by atoms with Gasteiger partial charge in [0.15, 0.2) is 0 Å². The lowest BCUT2D eigenvalue weighted by atomic mass is 10.1. The summed E-state index contributed by atoms with van der Waals surface area (Å²) in [4.78, 5) is 14.9. The minimum absolute atomic E-state index is 0.129. The molecular formula is C17H20F2N2O2S. The smallest absolute Gasteiger partial charge is 0.387 e. The highest BCUT2D eigenvalue weighted by Crippen LogP contribution is 2.17. The predicted octanol–water partition coefficient (Wildman–Crippen LogP) is 4.04. The Morgan fingerprint density at radius 3 is 2.58 bits per heavy atom. The maximum absolute atomic E-state index is 12.1. The lowest BCUT2D eigenvalue weighted by Gasteiger charge is -2.17. The largest absolute Gasteiger partial charge is 0.435 e. The zero-order valence-corrected chi connectivity index (χ0v) is 14.4. The van der Waals surface area contributed by atoms with Crippen LogP contribution in [-0.4, -0.2) is 31.1 Å². The number of amides is 2. The van der Waals surface area contributed by atoms with Crippen LogP contribution in [0.4, 0.5) is 13.6 Å². The van der Waals surface area contributed by atoms with E-state index in [1.54, 1.807) is 35.4 Å². The summed E-state index contributed by atoms with van der Waals surface area (Å²) in [5.74, 6) is 0.129. The van der Waals surface area contributed by atoms with E-state index in [2.05, 4.69) is 10.1 Å². The Kier molecular flexibility index (Phi) is 6.54. The molecule has 130 valence electrons. The van der Waals surface area contributed by atoms with Gasteiger partial charge in [-0.15, -0.1) is 11.3 Å². The second-order valence-corrected chi connectivity index (χ2v) is 6.39. The minimum Gasteiger partial charge on any atom is -0.435 e. The van der Waals surface area contributed by atoms with Crippen molar-refractivity contribution < 1.29 is 18.3 Å². The molecule has 4 nitrogen and oxygen atoms in total. The number of carbonyl (C=O) groups is 1. The normalized spacial score (nSPS) is 10.7. The Morgan fingerprint density at radius 2 is 2.00 bits per heavy atom. The van der Waals surface area contributed by atoms with Crippen molar-refractivity contribution in [2.75, 3.05) is 13.6 Å². The number of nitrogens with one attached hydrogen (secondary N) is 1. The third-order valence-corrected chi connectivity index (χ3v) is 4.54. The van der Waals surface area contributed by atoms with Gasteiger partial charge in [0, 0.05) is 18.5 Å². The molecule has 0 atom stereocenters. The summed E-state index contributed by atoms with van der Waals surface area (Å²) < 4.78 is 28.4. The number of benzene rings is 1. The molecule has 0 aliphatic heterocycles. The molecule has 0 bridgehead atoms. The molecule has 1 aromatic heterocycles. The quantitative estimate of drug-likeness (QED) is 0.815. The highest BCUT2D eigenvalue weighted by atomic mass is 32.1. The van der Waals surface area contributed by atoms with Crippen molar-refractivity contribution in [3.8, 4) is 5.75 Å². The number of urea groups is 1. The molecule has 0 aliphatic rings. The summed E-state index contributed by atoms with van der Waals surface area (Å²) in [5, 5.41) is 4.86. The maximum atomic E-state index is 12.1. The molecule has 1 heterocycles. The standard InChI is InChI=1S/C17H20F2N2O2S/c1-12-8-10-24-15(12)11-21(2)17(22)20-9-7-13-3-5-14(6-4-13)23-16(18)19/h3-6,8,10,16H,7,9,11H2,1-2H3,(H,20,22). The van der Waals surface area contributed by atoms with Crippen molar-refractivity contribution in [3.05, 3.63) is 51.7 Å². The van der Waals surface area contributed by atoms with E-state index in [4.69, 9.17) is 0 Å². The molecule has 0 aliphatic carbocycles. The van der Waals surface area contributed by atoms with Crippen molar-refractivity contribution in [1.82, 2.24) is 10.2 Å². The van der Waals surface area contributed by atoms with Crippen LogP contribution in [-0.2, 0) is 13.0 Å². The van der Waals surface area contributed by atoms with Crippen LogP contribution < -0.4 is 10.1 Å². The third kappa shape index (κ3) is 5.49. The van der Waals surface area contributed by atoms with Crippen LogP contribution in [0, 0.1) is 6.92 Å². The van der Waals surface area contributed by atoms with E-state index in [0.717, 1.165) is 5.56 Å². The zero-order valence-electron chi connectivity index (χ0n) is 13.6. The van der Waals surface area contributed by atoms with Gasteiger partial charge in [0.2, 0.25) is 0 Å². The fourth-order valence-electron chi connectivity index (χ4n) is 2.14. The molecule has 2 rings (SSSR count). The van der Waals surface area contributed by atoms with E-state index in [-0.39, 0.29) is 11.8 Å². The Bertz CT molecular complexity index is 659. The van der Waals surface area contributed by atoms with Gasteiger partial charge < -0.3 is 15.0 Å². The number of thiophene rings is 1. The van der Waals surface area contributed by atoms with Crippen molar-refractivity contribution in [2.45, 2.75) is 26.5 Å². The molecule has 0 fully saturated rings. The molecule has 1 aromatic carbocycles. The minimum atomic E-state index is -2.82. The van der Waals surface area contributed by atoms with E-state index in [9.17, 15) is 13.6 Å². The number of carbonyl (C=O) groups excluding carboxylic acids is 1. The molecule has 0 saturated carbocycles.